The van der Waals surface area contributed by atoms with E-state index in [2.05, 4.69) is 29.6 Å². The summed E-state index contributed by atoms with van der Waals surface area (Å²) in [6.45, 7) is 0.278. The lowest BCUT2D eigenvalue weighted by Gasteiger charge is -2.18. The molecule has 0 saturated heterocycles. The highest BCUT2D eigenvalue weighted by atomic mass is 16.5. The zero-order valence-corrected chi connectivity index (χ0v) is 14.9. The van der Waals surface area contributed by atoms with Gasteiger partial charge in [-0.25, -0.2) is 4.79 Å². The smallest absolute Gasteiger partial charge is 0.407 e. The van der Waals surface area contributed by atoms with Gasteiger partial charge in [0, 0.05) is 12.0 Å². The first-order chi connectivity index (χ1) is 13.1. The van der Waals surface area contributed by atoms with Crippen molar-refractivity contribution in [2.45, 2.75) is 31.2 Å². The SMILES string of the molecule is O=C(N[C@H]1C[C@@H]2C[C@]2(C(=O)O)C1)OCC1c2ccccc2-c2ccccc21. The summed E-state index contributed by atoms with van der Waals surface area (Å²) in [6.07, 6.45) is 1.53. The number of hydrogen-bond acceptors (Lipinski definition) is 3. The van der Waals surface area contributed by atoms with Crippen LogP contribution in [0, 0.1) is 11.3 Å². The van der Waals surface area contributed by atoms with Crippen molar-refractivity contribution in [2.24, 2.45) is 11.3 Å². The Morgan fingerprint density at radius 3 is 2.26 bits per heavy atom. The molecule has 2 saturated carbocycles. The lowest BCUT2D eigenvalue weighted by atomic mass is 9.98. The van der Waals surface area contributed by atoms with E-state index in [1.165, 1.54) is 22.3 Å². The average molecular weight is 363 g/mol. The van der Waals surface area contributed by atoms with Crippen LogP contribution in [-0.4, -0.2) is 29.8 Å². The van der Waals surface area contributed by atoms with Crippen molar-refractivity contribution in [2.75, 3.05) is 6.61 Å². The number of amides is 1. The van der Waals surface area contributed by atoms with Crippen LogP contribution in [0.5, 0.6) is 0 Å². The van der Waals surface area contributed by atoms with Gasteiger partial charge in [-0.3, -0.25) is 4.79 Å². The Balaban J connectivity index is 1.24. The summed E-state index contributed by atoms with van der Waals surface area (Å²) >= 11 is 0. The summed E-state index contributed by atoms with van der Waals surface area (Å²) in [5.74, 6) is -0.497. The number of nitrogens with one attached hydrogen (secondary N) is 1. The van der Waals surface area contributed by atoms with Gasteiger partial charge in [-0.2, -0.15) is 0 Å². The zero-order chi connectivity index (χ0) is 18.6. The fourth-order valence-corrected chi connectivity index (χ4v) is 5.07. The molecule has 2 fully saturated rings. The van der Waals surface area contributed by atoms with Crippen molar-refractivity contribution in [3.8, 4) is 11.1 Å². The van der Waals surface area contributed by atoms with E-state index in [0.29, 0.717) is 6.42 Å². The Morgan fingerprint density at radius 1 is 1.04 bits per heavy atom. The topological polar surface area (TPSA) is 75.6 Å². The monoisotopic (exact) mass is 363 g/mol. The van der Waals surface area contributed by atoms with E-state index in [1.54, 1.807) is 0 Å². The van der Waals surface area contributed by atoms with Crippen molar-refractivity contribution >= 4 is 12.1 Å². The Kier molecular flexibility index (Phi) is 3.54. The number of benzene rings is 2. The van der Waals surface area contributed by atoms with Gasteiger partial charge in [0.2, 0.25) is 0 Å². The summed E-state index contributed by atoms with van der Waals surface area (Å²) in [6, 6.07) is 16.3. The lowest BCUT2D eigenvalue weighted by molar-refractivity contribution is -0.143. The van der Waals surface area contributed by atoms with E-state index in [1.807, 2.05) is 24.3 Å². The number of aliphatic carboxylic acids is 1. The molecule has 3 aliphatic rings. The Morgan fingerprint density at radius 2 is 1.67 bits per heavy atom. The fraction of sp³-hybridized carbons (Fsp3) is 0.364. The van der Waals surface area contributed by atoms with Crippen LogP contribution in [0.2, 0.25) is 0 Å². The van der Waals surface area contributed by atoms with Crippen molar-refractivity contribution in [3.63, 3.8) is 0 Å². The highest BCUT2D eigenvalue weighted by Crippen LogP contribution is 2.63. The number of carboxylic acid groups (broad SMARTS) is 1. The van der Waals surface area contributed by atoms with Crippen LogP contribution in [0.1, 0.15) is 36.3 Å². The van der Waals surface area contributed by atoms with Gasteiger partial charge in [0.05, 0.1) is 5.41 Å². The van der Waals surface area contributed by atoms with Crippen LogP contribution in [0.3, 0.4) is 0 Å². The number of carbonyl (C=O) groups is 2. The van der Waals surface area contributed by atoms with Gasteiger partial charge in [-0.15, -0.1) is 0 Å². The van der Waals surface area contributed by atoms with E-state index in [9.17, 15) is 14.7 Å². The minimum absolute atomic E-state index is 0.0329. The van der Waals surface area contributed by atoms with E-state index < -0.39 is 17.5 Å². The molecule has 3 atom stereocenters. The van der Waals surface area contributed by atoms with Gasteiger partial charge < -0.3 is 15.2 Å². The number of hydrogen-bond donors (Lipinski definition) is 2. The number of carboxylic acids is 1. The Hall–Kier alpha value is -2.82. The van der Waals surface area contributed by atoms with Crippen LogP contribution in [0.15, 0.2) is 48.5 Å². The van der Waals surface area contributed by atoms with Crippen LogP contribution in [0.4, 0.5) is 4.79 Å². The molecule has 2 aromatic rings. The van der Waals surface area contributed by atoms with Gasteiger partial charge in [0.15, 0.2) is 0 Å². The number of rotatable bonds is 4. The van der Waals surface area contributed by atoms with Gasteiger partial charge in [-0.05, 0) is 47.4 Å². The summed E-state index contributed by atoms with van der Waals surface area (Å²) < 4.78 is 5.55. The van der Waals surface area contributed by atoms with Crippen LogP contribution < -0.4 is 5.32 Å². The molecule has 5 nitrogen and oxygen atoms in total. The number of ether oxygens (including phenoxy) is 1. The molecule has 0 radical (unpaired) electrons. The minimum Gasteiger partial charge on any atom is -0.481 e. The molecule has 27 heavy (non-hydrogen) atoms. The third-order valence-electron chi connectivity index (χ3n) is 6.50. The van der Waals surface area contributed by atoms with Crippen LogP contribution >= 0.6 is 0 Å². The van der Waals surface area contributed by atoms with E-state index in [0.717, 1.165) is 12.8 Å². The molecule has 1 amide bonds. The van der Waals surface area contributed by atoms with Gasteiger partial charge in [-0.1, -0.05) is 48.5 Å². The third-order valence-corrected chi connectivity index (χ3v) is 6.50. The molecule has 0 unspecified atom stereocenters. The van der Waals surface area contributed by atoms with Crippen molar-refractivity contribution in [3.05, 3.63) is 59.7 Å². The fourth-order valence-electron chi connectivity index (χ4n) is 5.07. The summed E-state index contributed by atoms with van der Waals surface area (Å²) in [4.78, 5) is 23.7. The second-order valence-electron chi connectivity index (χ2n) is 7.97. The molecule has 2 N–H and O–H groups in total. The predicted octanol–water partition coefficient (Wildman–Crippen LogP) is 3.78. The van der Waals surface area contributed by atoms with Gasteiger partial charge >= 0.3 is 12.1 Å². The normalized spacial score (nSPS) is 27.4. The average Bonchev–Trinajstić information content (AvgIpc) is 3.10. The summed E-state index contributed by atoms with van der Waals surface area (Å²) in [5, 5.41) is 12.2. The lowest BCUT2D eigenvalue weighted by Crippen LogP contribution is -2.36. The van der Waals surface area contributed by atoms with E-state index >= 15 is 0 Å². The molecule has 0 heterocycles. The number of carbonyl (C=O) groups excluding carboxylic acids is 1. The van der Waals surface area contributed by atoms with Crippen LogP contribution in [-0.2, 0) is 9.53 Å². The first kappa shape index (κ1) is 16.4. The quantitative estimate of drug-likeness (QED) is 0.867. The number of fused-ring (bicyclic) bond motifs is 4. The largest absolute Gasteiger partial charge is 0.481 e. The Bertz CT molecular complexity index is 894. The minimum atomic E-state index is -0.732. The highest BCUT2D eigenvalue weighted by molar-refractivity contribution is 5.80. The van der Waals surface area contributed by atoms with Crippen molar-refractivity contribution < 1.29 is 19.4 Å². The molecule has 138 valence electrons. The molecule has 0 bridgehead atoms. The molecular weight excluding hydrogens is 342 g/mol. The molecule has 0 spiro atoms. The van der Waals surface area contributed by atoms with Crippen molar-refractivity contribution in [1.29, 1.82) is 0 Å². The molecule has 0 aromatic heterocycles. The zero-order valence-electron chi connectivity index (χ0n) is 14.9. The summed E-state index contributed by atoms with van der Waals surface area (Å²) in [7, 11) is 0. The molecular formula is C22H21NO4. The first-order valence-electron chi connectivity index (χ1n) is 9.43. The molecule has 2 aromatic carbocycles. The third kappa shape index (κ3) is 2.52. The Labute approximate surface area is 157 Å². The molecule has 5 heteroatoms. The predicted molar refractivity (Wildman–Crippen MR) is 99.4 cm³/mol. The van der Waals surface area contributed by atoms with Crippen LogP contribution in [0.25, 0.3) is 11.1 Å². The molecule has 3 aliphatic carbocycles. The van der Waals surface area contributed by atoms with Gasteiger partial charge in [0.25, 0.3) is 0 Å². The van der Waals surface area contributed by atoms with Gasteiger partial charge in [0.1, 0.15) is 6.61 Å². The van der Waals surface area contributed by atoms with E-state index in [-0.39, 0.29) is 24.5 Å². The number of alkyl carbamates (subject to hydrolysis) is 1. The molecule has 0 aliphatic heterocycles. The highest BCUT2D eigenvalue weighted by Gasteiger charge is 2.65. The standard InChI is InChI=1S/C22H21NO4/c24-20(25)22-10-13(22)9-14(11-22)23-21(26)27-12-19-17-7-3-1-5-15(17)16-6-2-4-8-18(16)19/h1-8,13-14,19H,9-12H2,(H,23,26)(H,24,25)/t13-,14+,22+/m1/s1. The van der Waals surface area contributed by atoms with Crippen molar-refractivity contribution in [1.82, 2.24) is 5.32 Å². The second kappa shape index (κ2) is 5.84. The molecule has 5 rings (SSSR count). The summed E-state index contributed by atoms with van der Waals surface area (Å²) in [5.41, 5.74) is 4.15. The first-order valence-corrected chi connectivity index (χ1v) is 9.43. The maximum absolute atomic E-state index is 12.3. The van der Waals surface area contributed by atoms with E-state index in [4.69, 9.17) is 4.74 Å². The maximum Gasteiger partial charge on any atom is 0.407 e. The second-order valence-corrected chi connectivity index (χ2v) is 7.97. The maximum atomic E-state index is 12.3.